The minimum absolute atomic E-state index is 0.106. The average molecular weight is 345 g/mol. The second-order valence-corrected chi connectivity index (χ2v) is 7.73. The van der Waals surface area contributed by atoms with Crippen LogP contribution < -0.4 is 5.73 Å². The number of ether oxygens (including phenoxy) is 1. The predicted octanol–water partition coefficient (Wildman–Crippen LogP) is 3.39. The van der Waals surface area contributed by atoms with E-state index in [9.17, 15) is 4.79 Å². The molecule has 2 aromatic heterocycles. The molecule has 7 nitrogen and oxygen atoms in total. The highest BCUT2D eigenvalue weighted by Gasteiger charge is 2.33. The van der Waals surface area contributed by atoms with Gasteiger partial charge >= 0.3 is 6.09 Å². The van der Waals surface area contributed by atoms with Gasteiger partial charge in [-0.1, -0.05) is 0 Å². The number of nitrogens with two attached hydrogens (primary N) is 1. The number of nitrogens with zero attached hydrogens (tertiary/aromatic N) is 4. The number of nitrogen functional groups attached to an aromatic ring is 1. The van der Waals surface area contributed by atoms with Gasteiger partial charge in [-0.05, 0) is 53.9 Å². The van der Waals surface area contributed by atoms with Crippen LogP contribution in [0.4, 0.5) is 10.6 Å². The van der Waals surface area contributed by atoms with Crippen molar-refractivity contribution in [3.05, 3.63) is 23.0 Å². The minimum atomic E-state index is -0.516. The summed E-state index contributed by atoms with van der Waals surface area (Å²) in [7, 11) is 0. The molecule has 1 atom stereocenters. The van der Waals surface area contributed by atoms with Crippen molar-refractivity contribution in [3.8, 4) is 0 Å². The molecule has 1 unspecified atom stereocenters. The molecule has 1 aliphatic rings. The molecular formula is C18H27N5O2. The molecule has 7 heteroatoms. The lowest BCUT2D eigenvalue weighted by atomic mass is 10.00. The van der Waals surface area contributed by atoms with Gasteiger partial charge < -0.3 is 10.5 Å². The highest BCUT2D eigenvalue weighted by atomic mass is 16.6. The standard InChI is InChI=1S/C18H27N5O2/c1-11-12(2)20-15-10-13(21-23(15)16(11)19)14-8-6-7-9-22(14)17(24)25-18(3,4)5/h10,14H,6-9,19H2,1-5H3. The molecule has 136 valence electrons. The molecule has 0 radical (unpaired) electrons. The van der Waals surface area contributed by atoms with E-state index in [-0.39, 0.29) is 12.1 Å². The summed E-state index contributed by atoms with van der Waals surface area (Å²) in [5, 5.41) is 4.65. The van der Waals surface area contributed by atoms with Crippen LogP contribution in [0, 0.1) is 13.8 Å². The van der Waals surface area contributed by atoms with Crippen molar-refractivity contribution in [1.82, 2.24) is 19.5 Å². The van der Waals surface area contributed by atoms with Crippen LogP contribution in [0.3, 0.4) is 0 Å². The zero-order chi connectivity index (χ0) is 18.4. The first-order valence-electron chi connectivity index (χ1n) is 8.79. The number of carbonyl (C=O) groups is 1. The molecule has 0 bridgehead atoms. The van der Waals surface area contributed by atoms with Crippen LogP contribution in [0.25, 0.3) is 5.65 Å². The second kappa shape index (κ2) is 6.20. The highest BCUT2D eigenvalue weighted by Crippen LogP contribution is 2.32. The molecule has 0 aliphatic carbocycles. The predicted molar refractivity (Wildman–Crippen MR) is 96.4 cm³/mol. The highest BCUT2D eigenvalue weighted by molar-refractivity contribution is 5.69. The number of hydrogen-bond donors (Lipinski definition) is 1. The van der Waals surface area contributed by atoms with Gasteiger partial charge in [0, 0.05) is 23.9 Å². The Hall–Kier alpha value is -2.31. The first-order valence-corrected chi connectivity index (χ1v) is 8.79. The van der Waals surface area contributed by atoms with E-state index in [2.05, 4.69) is 10.1 Å². The summed E-state index contributed by atoms with van der Waals surface area (Å²) >= 11 is 0. The quantitative estimate of drug-likeness (QED) is 0.856. The molecular weight excluding hydrogens is 318 g/mol. The molecule has 1 fully saturated rings. The maximum atomic E-state index is 12.6. The molecule has 25 heavy (non-hydrogen) atoms. The zero-order valence-electron chi connectivity index (χ0n) is 15.7. The van der Waals surface area contributed by atoms with Crippen molar-refractivity contribution in [3.63, 3.8) is 0 Å². The van der Waals surface area contributed by atoms with Crippen molar-refractivity contribution in [2.24, 2.45) is 0 Å². The molecule has 3 rings (SSSR count). The number of aromatic nitrogens is 3. The Labute approximate surface area is 148 Å². The number of fused-ring (bicyclic) bond motifs is 1. The van der Waals surface area contributed by atoms with Crippen molar-refractivity contribution in [2.45, 2.75) is 65.5 Å². The van der Waals surface area contributed by atoms with Crippen molar-refractivity contribution in [1.29, 1.82) is 0 Å². The van der Waals surface area contributed by atoms with Gasteiger partial charge in [0.2, 0.25) is 0 Å². The van der Waals surface area contributed by atoms with Crippen LogP contribution in [0.1, 0.15) is 63.0 Å². The Balaban J connectivity index is 1.96. The van der Waals surface area contributed by atoms with Gasteiger partial charge in [-0.25, -0.2) is 9.78 Å². The number of likely N-dealkylation sites (tertiary alicyclic amines) is 1. The van der Waals surface area contributed by atoms with E-state index in [0.29, 0.717) is 18.0 Å². The molecule has 3 heterocycles. The maximum Gasteiger partial charge on any atom is 0.410 e. The van der Waals surface area contributed by atoms with E-state index in [0.717, 1.165) is 36.2 Å². The smallest absolute Gasteiger partial charge is 0.410 e. The normalized spacial score (nSPS) is 18.6. The van der Waals surface area contributed by atoms with Gasteiger partial charge in [0.25, 0.3) is 0 Å². The second-order valence-electron chi connectivity index (χ2n) is 7.73. The third kappa shape index (κ3) is 3.41. The summed E-state index contributed by atoms with van der Waals surface area (Å²) in [4.78, 5) is 19.0. The molecule has 1 aliphatic heterocycles. The Morgan fingerprint density at radius 3 is 2.72 bits per heavy atom. The number of carbonyl (C=O) groups excluding carboxylic acids is 1. The SMILES string of the molecule is Cc1nc2cc(C3CCCCN3C(=O)OC(C)(C)C)nn2c(N)c1C. The van der Waals surface area contributed by atoms with E-state index in [4.69, 9.17) is 10.5 Å². The van der Waals surface area contributed by atoms with Crippen LogP contribution in [0.15, 0.2) is 6.07 Å². The van der Waals surface area contributed by atoms with Crippen LogP contribution in [0.2, 0.25) is 0 Å². The third-order valence-corrected chi connectivity index (χ3v) is 4.62. The molecule has 1 amide bonds. The average Bonchev–Trinajstić information content (AvgIpc) is 2.95. The monoisotopic (exact) mass is 345 g/mol. The molecule has 2 aromatic rings. The fraction of sp³-hybridized carbons (Fsp3) is 0.611. The number of anilines is 1. The lowest BCUT2D eigenvalue weighted by molar-refractivity contribution is 0.00898. The first kappa shape index (κ1) is 17.5. The summed E-state index contributed by atoms with van der Waals surface area (Å²) in [6.45, 7) is 10.2. The van der Waals surface area contributed by atoms with Gasteiger partial charge in [0.1, 0.15) is 11.4 Å². The minimum Gasteiger partial charge on any atom is -0.444 e. The van der Waals surface area contributed by atoms with Crippen LogP contribution in [0.5, 0.6) is 0 Å². The van der Waals surface area contributed by atoms with Crippen LogP contribution in [-0.4, -0.2) is 37.7 Å². The Morgan fingerprint density at radius 1 is 1.32 bits per heavy atom. The van der Waals surface area contributed by atoms with Gasteiger partial charge in [0.15, 0.2) is 5.65 Å². The van der Waals surface area contributed by atoms with Gasteiger partial charge in [0.05, 0.1) is 11.7 Å². The van der Waals surface area contributed by atoms with Gasteiger partial charge in [-0.2, -0.15) is 9.61 Å². The maximum absolute atomic E-state index is 12.6. The largest absolute Gasteiger partial charge is 0.444 e. The summed E-state index contributed by atoms with van der Waals surface area (Å²) < 4.78 is 7.24. The number of hydrogen-bond acceptors (Lipinski definition) is 5. The first-order chi connectivity index (χ1) is 11.7. The molecule has 2 N–H and O–H groups in total. The molecule has 1 saturated heterocycles. The summed E-state index contributed by atoms with van der Waals surface area (Å²) in [6, 6.07) is 1.82. The van der Waals surface area contributed by atoms with E-state index < -0.39 is 5.60 Å². The lowest BCUT2D eigenvalue weighted by Crippen LogP contribution is -2.42. The van der Waals surface area contributed by atoms with Crippen LogP contribution in [-0.2, 0) is 4.74 Å². The Kier molecular flexibility index (Phi) is 4.34. The fourth-order valence-corrected chi connectivity index (χ4v) is 3.19. The zero-order valence-corrected chi connectivity index (χ0v) is 15.7. The molecule has 0 aromatic carbocycles. The van der Waals surface area contributed by atoms with Gasteiger partial charge in [-0.3, -0.25) is 4.90 Å². The number of piperidine rings is 1. The van der Waals surface area contributed by atoms with Crippen molar-refractivity contribution < 1.29 is 9.53 Å². The number of rotatable bonds is 1. The third-order valence-electron chi connectivity index (χ3n) is 4.62. The topological polar surface area (TPSA) is 85.8 Å². The van der Waals surface area contributed by atoms with Crippen molar-refractivity contribution in [2.75, 3.05) is 12.3 Å². The van der Waals surface area contributed by atoms with E-state index in [1.165, 1.54) is 0 Å². The number of aryl methyl sites for hydroxylation is 1. The van der Waals surface area contributed by atoms with Crippen molar-refractivity contribution >= 4 is 17.6 Å². The fourth-order valence-electron chi connectivity index (χ4n) is 3.19. The summed E-state index contributed by atoms with van der Waals surface area (Å²) in [5.74, 6) is 0.591. The van der Waals surface area contributed by atoms with E-state index >= 15 is 0 Å². The number of amides is 1. The molecule has 0 saturated carbocycles. The Bertz CT molecular complexity index is 806. The Morgan fingerprint density at radius 2 is 2.04 bits per heavy atom. The van der Waals surface area contributed by atoms with E-state index in [1.807, 2.05) is 40.7 Å². The van der Waals surface area contributed by atoms with Crippen LogP contribution >= 0.6 is 0 Å². The molecule has 0 spiro atoms. The van der Waals surface area contributed by atoms with Gasteiger partial charge in [-0.15, -0.1) is 0 Å². The summed E-state index contributed by atoms with van der Waals surface area (Å²) in [6.07, 6.45) is 2.60. The lowest BCUT2D eigenvalue weighted by Gasteiger charge is -2.35. The summed E-state index contributed by atoms with van der Waals surface area (Å²) in [5.41, 5.74) is 9.03. The van der Waals surface area contributed by atoms with E-state index in [1.54, 1.807) is 9.42 Å².